The van der Waals surface area contributed by atoms with Gasteiger partial charge in [-0.2, -0.15) is 0 Å². The van der Waals surface area contributed by atoms with Gasteiger partial charge >= 0.3 is 0 Å². The first-order valence-electron chi connectivity index (χ1n) is 8.99. The van der Waals surface area contributed by atoms with Crippen LogP contribution in [0.3, 0.4) is 0 Å². The van der Waals surface area contributed by atoms with Crippen LogP contribution in [-0.4, -0.2) is 22.1 Å². The van der Waals surface area contributed by atoms with Gasteiger partial charge in [0, 0.05) is 5.92 Å². The number of carbonyl (C=O) groups excluding carboxylic acids is 1. The Morgan fingerprint density at radius 3 is 2.55 bits per heavy atom. The highest BCUT2D eigenvalue weighted by Gasteiger charge is 2.60. The topological polar surface area (TPSA) is 57.5 Å². The van der Waals surface area contributed by atoms with Gasteiger partial charge in [0.1, 0.15) is 0 Å². The van der Waals surface area contributed by atoms with E-state index in [1.165, 1.54) is 0 Å². The molecular weight excluding hydrogens is 276 g/mol. The largest absolute Gasteiger partial charge is 0.505 e. The molecule has 0 unspecified atom stereocenters. The molecule has 3 heteroatoms. The van der Waals surface area contributed by atoms with Crippen LogP contribution in [-0.2, 0) is 4.79 Å². The predicted molar refractivity (Wildman–Crippen MR) is 84.2 cm³/mol. The number of ketones is 1. The minimum Gasteiger partial charge on any atom is -0.505 e. The molecule has 4 rings (SSSR count). The van der Waals surface area contributed by atoms with Gasteiger partial charge in [0.15, 0.2) is 11.5 Å². The fraction of sp³-hybridized carbons (Fsp3) is 0.842. The molecule has 0 amide bonds. The Morgan fingerprint density at radius 1 is 1.05 bits per heavy atom. The fourth-order valence-corrected chi connectivity index (χ4v) is 6.75. The molecule has 0 heterocycles. The quantitative estimate of drug-likeness (QED) is 0.718. The molecule has 7 atom stereocenters. The Hall–Kier alpha value is -0.830. The second-order valence-electron chi connectivity index (χ2n) is 8.81. The van der Waals surface area contributed by atoms with E-state index in [9.17, 15) is 15.0 Å². The SMILES string of the molecule is C[C@]12CC=C(O)C(=O)[C@@H]1CC[C@@H]1[C@@H]2CC[C@]2(C)[C@@H](O)CC[C@@H]12. The molecule has 0 aromatic carbocycles. The lowest BCUT2D eigenvalue weighted by molar-refractivity contribution is -0.144. The summed E-state index contributed by atoms with van der Waals surface area (Å²) in [6, 6.07) is 0. The molecule has 0 bridgehead atoms. The van der Waals surface area contributed by atoms with E-state index in [0.717, 1.165) is 44.9 Å². The van der Waals surface area contributed by atoms with Gasteiger partial charge in [-0.15, -0.1) is 0 Å². The average molecular weight is 304 g/mol. The minimum atomic E-state index is -0.138. The second-order valence-corrected chi connectivity index (χ2v) is 8.81. The molecule has 0 aromatic heterocycles. The van der Waals surface area contributed by atoms with Gasteiger partial charge in [0.25, 0.3) is 0 Å². The van der Waals surface area contributed by atoms with Crippen molar-refractivity contribution in [3.8, 4) is 0 Å². The first-order valence-corrected chi connectivity index (χ1v) is 8.99. The Balaban J connectivity index is 1.69. The van der Waals surface area contributed by atoms with Crippen molar-refractivity contribution in [1.29, 1.82) is 0 Å². The maximum absolute atomic E-state index is 12.4. The molecule has 4 aliphatic rings. The van der Waals surface area contributed by atoms with Crippen molar-refractivity contribution in [2.24, 2.45) is 34.5 Å². The summed E-state index contributed by atoms with van der Waals surface area (Å²) < 4.78 is 0. The molecule has 0 saturated heterocycles. The first kappa shape index (κ1) is 14.7. The number of fused-ring (bicyclic) bond motifs is 5. The lowest BCUT2D eigenvalue weighted by atomic mass is 9.45. The smallest absolute Gasteiger partial charge is 0.200 e. The van der Waals surface area contributed by atoms with Crippen molar-refractivity contribution in [2.45, 2.75) is 64.9 Å². The molecule has 0 aliphatic heterocycles. The van der Waals surface area contributed by atoms with E-state index in [0.29, 0.717) is 17.8 Å². The Morgan fingerprint density at radius 2 is 1.77 bits per heavy atom. The number of Topliss-reactive ketones (excluding diaryl/α,β-unsaturated/α-hetero) is 1. The maximum atomic E-state index is 12.4. The number of aliphatic hydroxyl groups excluding tert-OH is 2. The number of hydrogen-bond donors (Lipinski definition) is 2. The highest BCUT2D eigenvalue weighted by atomic mass is 16.3. The lowest BCUT2D eigenvalue weighted by Crippen LogP contribution is -2.55. The zero-order chi connectivity index (χ0) is 15.7. The number of hydrogen-bond acceptors (Lipinski definition) is 3. The Kier molecular flexibility index (Phi) is 3.08. The molecule has 0 spiro atoms. The van der Waals surface area contributed by atoms with Gasteiger partial charge in [-0.1, -0.05) is 13.8 Å². The van der Waals surface area contributed by atoms with Gasteiger partial charge in [-0.05, 0) is 79.6 Å². The molecule has 22 heavy (non-hydrogen) atoms. The number of aliphatic hydroxyl groups is 2. The highest BCUT2D eigenvalue weighted by molar-refractivity contribution is 5.96. The molecule has 3 nitrogen and oxygen atoms in total. The van der Waals surface area contributed by atoms with Crippen LogP contribution in [0.25, 0.3) is 0 Å². The van der Waals surface area contributed by atoms with E-state index in [1.807, 2.05) is 0 Å². The van der Waals surface area contributed by atoms with Gasteiger partial charge in [0.05, 0.1) is 6.10 Å². The van der Waals surface area contributed by atoms with Crippen LogP contribution in [0.5, 0.6) is 0 Å². The van der Waals surface area contributed by atoms with Gasteiger partial charge < -0.3 is 10.2 Å². The van der Waals surface area contributed by atoms with E-state index in [4.69, 9.17) is 0 Å². The zero-order valence-electron chi connectivity index (χ0n) is 13.7. The molecular formula is C19H28O3. The van der Waals surface area contributed by atoms with E-state index < -0.39 is 0 Å². The summed E-state index contributed by atoms with van der Waals surface area (Å²) in [5.74, 6) is 1.83. The van der Waals surface area contributed by atoms with E-state index in [1.54, 1.807) is 6.08 Å². The van der Waals surface area contributed by atoms with Crippen LogP contribution >= 0.6 is 0 Å². The second kappa shape index (κ2) is 4.59. The minimum absolute atomic E-state index is 0.00198. The molecule has 2 N–H and O–H groups in total. The summed E-state index contributed by atoms with van der Waals surface area (Å²) >= 11 is 0. The lowest BCUT2D eigenvalue weighted by Gasteiger charge is -2.58. The summed E-state index contributed by atoms with van der Waals surface area (Å²) in [5, 5.41) is 20.3. The van der Waals surface area contributed by atoms with E-state index in [2.05, 4.69) is 13.8 Å². The van der Waals surface area contributed by atoms with Gasteiger partial charge in [0.2, 0.25) is 0 Å². The summed E-state index contributed by atoms with van der Waals surface area (Å²) in [6.45, 7) is 4.57. The van der Waals surface area contributed by atoms with Crippen molar-refractivity contribution >= 4 is 5.78 Å². The van der Waals surface area contributed by atoms with Crippen molar-refractivity contribution in [3.05, 3.63) is 11.8 Å². The molecule has 0 aromatic rings. The molecule has 4 aliphatic carbocycles. The van der Waals surface area contributed by atoms with E-state index in [-0.39, 0.29) is 34.4 Å². The van der Waals surface area contributed by atoms with Gasteiger partial charge in [-0.3, -0.25) is 4.79 Å². The van der Waals surface area contributed by atoms with Gasteiger partial charge in [-0.25, -0.2) is 0 Å². The molecule has 3 saturated carbocycles. The van der Waals surface area contributed by atoms with Crippen LogP contribution in [0.2, 0.25) is 0 Å². The van der Waals surface area contributed by atoms with Crippen LogP contribution in [0.4, 0.5) is 0 Å². The summed E-state index contributed by atoms with van der Waals surface area (Å²) in [5.41, 5.74) is 0.113. The predicted octanol–water partition coefficient (Wildman–Crippen LogP) is 3.62. The maximum Gasteiger partial charge on any atom is 0.200 e. The van der Waals surface area contributed by atoms with Crippen LogP contribution in [0.1, 0.15) is 58.8 Å². The van der Waals surface area contributed by atoms with Crippen LogP contribution in [0.15, 0.2) is 11.8 Å². The van der Waals surface area contributed by atoms with Crippen molar-refractivity contribution in [2.75, 3.05) is 0 Å². The third-order valence-corrected chi connectivity index (χ3v) is 8.12. The highest BCUT2D eigenvalue weighted by Crippen LogP contribution is 2.65. The normalized spacial score (nSPS) is 54.2. The van der Waals surface area contributed by atoms with Crippen molar-refractivity contribution in [1.82, 2.24) is 0 Å². The molecule has 0 radical (unpaired) electrons. The Labute approximate surface area is 132 Å². The summed E-state index contributed by atoms with van der Waals surface area (Å²) in [6.07, 6.45) is 8.78. The van der Waals surface area contributed by atoms with Crippen molar-refractivity contribution < 1.29 is 15.0 Å². The molecule has 3 fully saturated rings. The number of carbonyl (C=O) groups is 1. The summed E-state index contributed by atoms with van der Waals surface area (Å²) in [7, 11) is 0. The third kappa shape index (κ3) is 1.69. The summed E-state index contributed by atoms with van der Waals surface area (Å²) in [4.78, 5) is 12.4. The molecule has 122 valence electrons. The van der Waals surface area contributed by atoms with E-state index >= 15 is 0 Å². The average Bonchev–Trinajstić information content (AvgIpc) is 2.79. The van der Waals surface area contributed by atoms with Crippen LogP contribution < -0.4 is 0 Å². The van der Waals surface area contributed by atoms with Crippen LogP contribution in [0, 0.1) is 34.5 Å². The Bertz CT molecular complexity index is 539. The monoisotopic (exact) mass is 304 g/mol. The number of rotatable bonds is 0. The third-order valence-electron chi connectivity index (χ3n) is 8.12. The zero-order valence-corrected chi connectivity index (χ0v) is 13.7. The number of allylic oxidation sites excluding steroid dienone is 2. The standard InChI is InChI=1S/C19H28O3/c1-18-10-8-15(20)17(22)14(18)4-3-11-12-5-6-16(21)19(12,2)9-7-13(11)18/h8,11-14,16,20-21H,3-7,9-10H2,1-2H3/t11-,12-,13-,14-,16-,18+,19-/m0/s1. The first-order chi connectivity index (χ1) is 10.4. The van der Waals surface area contributed by atoms with Crippen molar-refractivity contribution in [3.63, 3.8) is 0 Å². The fourth-order valence-electron chi connectivity index (χ4n) is 6.75.